The Hall–Kier alpha value is -3.48. The molecule has 2 aromatic carbocycles. The second kappa shape index (κ2) is 5.86. The first-order valence-electron chi connectivity index (χ1n) is 7.65. The van der Waals surface area contributed by atoms with Crippen molar-refractivity contribution in [2.24, 2.45) is 0 Å². The first-order chi connectivity index (χ1) is 12.2. The zero-order valence-corrected chi connectivity index (χ0v) is 13.4. The van der Waals surface area contributed by atoms with E-state index in [1.54, 1.807) is 31.4 Å². The molecule has 1 aromatic heterocycles. The van der Waals surface area contributed by atoms with E-state index < -0.39 is 0 Å². The molecule has 0 bridgehead atoms. The third kappa shape index (κ3) is 2.46. The predicted octanol–water partition coefficient (Wildman–Crippen LogP) is 2.66. The number of fused-ring (bicyclic) bond motifs is 1. The molecule has 0 radical (unpaired) electrons. The summed E-state index contributed by atoms with van der Waals surface area (Å²) < 4.78 is 10.6. The third-order valence-electron chi connectivity index (χ3n) is 4.03. The van der Waals surface area contributed by atoms with E-state index in [1.165, 1.54) is 4.90 Å². The summed E-state index contributed by atoms with van der Waals surface area (Å²) in [5, 5.41) is 11.9. The normalized spacial score (nSPS) is 13.2. The van der Waals surface area contributed by atoms with Crippen molar-refractivity contribution in [2.75, 3.05) is 12.0 Å². The number of benzene rings is 2. The Kier molecular flexibility index (Phi) is 3.53. The molecule has 1 amide bonds. The van der Waals surface area contributed by atoms with Gasteiger partial charge in [-0.15, -0.1) is 0 Å². The van der Waals surface area contributed by atoms with Crippen LogP contribution in [0.1, 0.15) is 11.4 Å². The summed E-state index contributed by atoms with van der Waals surface area (Å²) in [5.41, 5.74) is 1.95. The second-order valence-electron chi connectivity index (χ2n) is 5.50. The third-order valence-corrected chi connectivity index (χ3v) is 4.03. The largest absolute Gasteiger partial charge is 0.496 e. The van der Waals surface area contributed by atoms with Crippen molar-refractivity contribution in [1.82, 2.24) is 10.1 Å². The van der Waals surface area contributed by atoms with Gasteiger partial charge in [-0.1, -0.05) is 35.5 Å². The standard InChI is InChI=1S/C18H14N4O3/c1-24-14-9-5-3-7-12(14)17-20-15(21-25-17)10-22-13-8-4-2-6-11(13)16(19)18(22)23/h2-9,19H,10H2,1H3. The maximum absolute atomic E-state index is 12.3. The number of amides is 1. The van der Waals surface area contributed by atoms with Crippen LogP contribution in [0.2, 0.25) is 0 Å². The molecule has 4 rings (SSSR count). The van der Waals surface area contributed by atoms with E-state index in [9.17, 15) is 4.79 Å². The van der Waals surface area contributed by atoms with Crippen LogP contribution in [0.3, 0.4) is 0 Å². The van der Waals surface area contributed by atoms with E-state index in [4.69, 9.17) is 14.7 Å². The van der Waals surface area contributed by atoms with E-state index in [2.05, 4.69) is 10.1 Å². The van der Waals surface area contributed by atoms with Crippen LogP contribution in [-0.2, 0) is 11.3 Å². The Morgan fingerprint density at radius 2 is 1.84 bits per heavy atom. The zero-order chi connectivity index (χ0) is 17.4. The van der Waals surface area contributed by atoms with Gasteiger partial charge in [0.15, 0.2) is 5.82 Å². The van der Waals surface area contributed by atoms with Crippen molar-refractivity contribution in [3.63, 3.8) is 0 Å². The average molecular weight is 334 g/mol. The highest BCUT2D eigenvalue weighted by Gasteiger charge is 2.33. The topological polar surface area (TPSA) is 92.3 Å². The van der Waals surface area contributed by atoms with Gasteiger partial charge in [-0.3, -0.25) is 15.1 Å². The van der Waals surface area contributed by atoms with Gasteiger partial charge < -0.3 is 9.26 Å². The lowest BCUT2D eigenvalue weighted by Gasteiger charge is -2.13. The molecule has 0 unspecified atom stereocenters. The highest BCUT2D eigenvalue weighted by Crippen LogP contribution is 2.31. The molecule has 0 saturated carbocycles. The number of para-hydroxylation sites is 2. The van der Waals surface area contributed by atoms with Gasteiger partial charge in [0.25, 0.3) is 11.8 Å². The molecule has 1 aliphatic heterocycles. The molecule has 2 heterocycles. The van der Waals surface area contributed by atoms with E-state index >= 15 is 0 Å². The molecule has 124 valence electrons. The Balaban J connectivity index is 1.64. The maximum Gasteiger partial charge on any atom is 0.277 e. The Morgan fingerprint density at radius 1 is 1.12 bits per heavy atom. The number of carbonyl (C=O) groups excluding carboxylic acids is 1. The summed E-state index contributed by atoms with van der Waals surface area (Å²) in [6, 6.07) is 14.5. The summed E-state index contributed by atoms with van der Waals surface area (Å²) >= 11 is 0. The number of anilines is 1. The Labute approximate surface area is 143 Å². The fourth-order valence-electron chi connectivity index (χ4n) is 2.83. The monoisotopic (exact) mass is 334 g/mol. The van der Waals surface area contributed by atoms with Crippen LogP contribution in [-0.4, -0.2) is 28.9 Å². The van der Waals surface area contributed by atoms with Gasteiger partial charge >= 0.3 is 0 Å². The molecule has 0 spiro atoms. The van der Waals surface area contributed by atoms with Crippen molar-refractivity contribution in [2.45, 2.75) is 6.54 Å². The van der Waals surface area contributed by atoms with Gasteiger partial charge in [0.2, 0.25) is 0 Å². The smallest absolute Gasteiger partial charge is 0.277 e. The number of hydrogen-bond donors (Lipinski definition) is 1. The van der Waals surface area contributed by atoms with E-state index in [0.717, 1.165) is 0 Å². The van der Waals surface area contributed by atoms with Gasteiger partial charge in [0.05, 0.1) is 24.9 Å². The molecule has 3 aromatic rings. The highest BCUT2D eigenvalue weighted by molar-refractivity contribution is 6.53. The van der Waals surface area contributed by atoms with Crippen LogP contribution >= 0.6 is 0 Å². The molecular weight excluding hydrogens is 320 g/mol. The van der Waals surface area contributed by atoms with E-state index in [-0.39, 0.29) is 18.2 Å². The van der Waals surface area contributed by atoms with Gasteiger partial charge in [-0.25, -0.2) is 0 Å². The van der Waals surface area contributed by atoms with Crippen molar-refractivity contribution in [3.05, 3.63) is 59.9 Å². The number of rotatable bonds is 4. The quantitative estimate of drug-likeness (QED) is 0.792. The maximum atomic E-state index is 12.3. The summed E-state index contributed by atoms with van der Waals surface area (Å²) in [5.74, 6) is 0.938. The van der Waals surface area contributed by atoms with Crippen LogP contribution in [0.15, 0.2) is 53.1 Å². The lowest BCUT2D eigenvalue weighted by atomic mass is 10.1. The highest BCUT2D eigenvalue weighted by atomic mass is 16.5. The average Bonchev–Trinajstić information content (AvgIpc) is 3.21. The number of nitrogens with one attached hydrogen (secondary N) is 1. The molecule has 7 nitrogen and oxygen atoms in total. The van der Waals surface area contributed by atoms with Crippen LogP contribution in [0.25, 0.3) is 11.5 Å². The summed E-state index contributed by atoms with van der Waals surface area (Å²) in [4.78, 5) is 18.2. The SMILES string of the molecule is COc1ccccc1-c1nc(CN2C(=O)C(=N)c3ccccc32)no1. The molecule has 25 heavy (non-hydrogen) atoms. The van der Waals surface area contributed by atoms with Crippen LogP contribution < -0.4 is 9.64 Å². The molecule has 1 N–H and O–H groups in total. The first-order valence-corrected chi connectivity index (χ1v) is 7.65. The fraction of sp³-hybridized carbons (Fsp3) is 0.111. The number of ether oxygens (including phenoxy) is 1. The predicted molar refractivity (Wildman–Crippen MR) is 90.7 cm³/mol. The number of methoxy groups -OCH3 is 1. The Bertz CT molecular complexity index is 980. The van der Waals surface area contributed by atoms with Crippen molar-refractivity contribution < 1.29 is 14.1 Å². The van der Waals surface area contributed by atoms with Gasteiger partial charge in [0, 0.05) is 5.56 Å². The number of aromatic nitrogens is 2. The molecule has 0 saturated heterocycles. The minimum absolute atomic E-state index is 0.0240. The van der Waals surface area contributed by atoms with Crippen molar-refractivity contribution in [1.29, 1.82) is 5.41 Å². The lowest BCUT2D eigenvalue weighted by molar-refractivity contribution is -0.112. The van der Waals surface area contributed by atoms with Gasteiger partial charge in [0.1, 0.15) is 11.5 Å². The summed E-state index contributed by atoms with van der Waals surface area (Å²) in [7, 11) is 1.57. The van der Waals surface area contributed by atoms with E-state index in [1.807, 2.05) is 24.3 Å². The molecule has 1 aliphatic rings. The van der Waals surface area contributed by atoms with Crippen molar-refractivity contribution in [3.8, 4) is 17.2 Å². The minimum atomic E-state index is -0.371. The van der Waals surface area contributed by atoms with Gasteiger partial charge in [-0.2, -0.15) is 4.98 Å². The molecular formula is C18H14N4O3. The van der Waals surface area contributed by atoms with Crippen LogP contribution in [0.5, 0.6) is 5.75 Å². The fourth-order valence-corrected chi connectivity index (χ4v) is 2.83. The summed E-state index contributed by atoms with van der Waals surface area (Å²) in [6.07, 6.45) is 0. The number of hydrogen-bond acceptors (Lipinski definition) is 6. The van der Waals surface area contributed by atoms with Gasteiger partial charge in [-0.05, 0) is 18.2 Å². The van der Waals surface area contributed by atoms with Crippen LogP contribution in [0.4, 0.5) is 5.69 Å². The zero-order valence-electron chi connectivity index (χ0n) is 13.4. The molecule has 7 heteroatoms. The molecule has 0 atom stereocenters. The van der Waals surface area contributed by atoms with Crippen molar-refractivity contribution >= 4 is 17.3 Å². The lowest BCUT2D eigenvalue weighted by Crippen LogP contribution is -2.29. The summed E-state index contributed by atoms with van der Waals surface area (Å²) in [6.45, 7) is 0.136. The number of nitrogens with zero attached hydrogens (tertiary/aromatic N) is 3. The van der Waals surface area contributed by atoms with Crippen LogP contribution in [0, 0.1) is 5.41 Å². The first kappa shape index (κ1) is 15.1. The van der Waals surface area contributed by atoms with E-state index in [0.29, 0.717) is 34.3 Å². The molecule has 0 fully saturated rings. The minimum Gasteiger partial charge on any atom is -0.496 e. The number of carbonyl (C=O) groups is 1. The molecule has 0 aliphatic carbocycles. The Morgan fingerprint density at radius 3 is 2.64 bits per heavy atom. The second-order valence-corrected chi connectivity index (χ2v) is 5.50.